The lowest BCUT2D eigenvalue weighted by Crippen LogP contribution is -2.71. The van der Waals surface area contributed by atoms with Crippen LogP contribution in [0.25, 0.3) is 0 Å². The fourth-order valence-corrected chi connectivity index (χ4v) is 3.93. The summed E-state index contributed by atoms with van der Waals surface area (Å²) in [5.74, 6) is -3.43. The predicted molar refractivity (Wildman–Crippen MR) is 112 cm³/mol. The molecule has 34 heavy (non-hydrogen) atoms. The van der Waals surface area contributed by atoms with Crippen molar-refractivity contribution in [3.63, 3.8) is 0 Å². The monoisotopic (exact) mass is 473 g/mol. The Morgan fingerprint density at radius 1 is 1.03 bits per heavy atom. The maximum atomic E-state index is 13.2. The standard InChI is InChI=1S/C23H21F2N3O6/c24-19(25)22(31)27-11-16-18(26-17(29)13-33-15-9-5-2-6-10-15)21(30)28(16)20(27)23(32)34-12-14-7-3-1-4-8-14/h1-10,16,18-20H,11-13H2,(H,26,29)/t16?,18-,20?/m1/s1. The third-order valence-electron chi connectivity index (χ3n) is 5.54. The molecule has 0 aromatic heterocycles. The topological polar surface area (TPSA) is 105 Å². The van der Waals surface area contributed by atoms with Crippen LogP contribution in [-0.2, 0) is 30.5 Å². The van der Waals surface area contributed by atoms with E-state index in [9.17, 15) is 28.0 Å². The number of para-hydroxylation sites is 1. The maximum absolute atomic E-state index is 13.2. The highest BCUT2D eigenvalue weighted by Crippen LogP contribution is 2.34. The van der Waals surface area contributed by atoms with E-state index in [2.05, 4.69) is 5.32 Å². The minimum absolute atomic E-state index is 0.156. The van der Waals surface area contributed by atoms with E-state index < -0.39 is 48.4 Å². The number of β-lactam (4-membered cyclic amide) rings is 1. The van der Waals surface area contributed by atoms with E-state index >= 15 is 0 Å². The summed E-state index contributed by atoms with van der Waals surface area (Å²) in [5, 5.41) is 2.48. The highest BCUT2D eigenvalue weighted by Gasteiger charge is 2.62. The van der Waals surface area contributed by atoms with Crippen LogP contribution in [-0.4, -0.2) is 71.3 Å². The average Bonchev–Trinajstić information content (AvgIpc) is 3.21. The number of ether oxygens (including phenoxy) is 2. The van der Waals surface area contributed by atoms with Crippen molar-refractivity contribution in [1.82, 2.24) is 15.1 Å². The number of halogens is 2. The summed E-state index contributed by atoms with van der Waals surface area (Å²) in [4.78, 5) is 51.4. The molecule has 178 valence electrons. The van der Waals surface area contributed by atoms with E-state index in [1.54, 1.807) is 60.7 Å². The maximum Gasteiger partial charge on any atom is 0.350 e. The Balaban J connectivity index is 1.41. The van der Waals surface area contributed by atoms with Gasteiger partial charge in [-0.05, 0) is 17.7 Å². The first-order valence-corrected chi connectivity index (χ1v) is 10.5. The van der Waals surface area contributed by atoms with Crippen LogP contribution < -0.4 is 10.1 Å². The second-order valence-corrected chi connectivity index (χ2v) is 7.72. The average molecular weight is 473 g/mol. The van der Waals surface area contributed by atoms with Gasteiger partial charge in [0.1, 0.15) is 18.4 Å². The van der Waals surface area contributed by atoms with Crippen LogP contribution in [0.15, 0.2) is 60.7 Å². The molecule has 2 aliphatic heterocycles. The van der Waals surface area contributed by atoms with Crippen molar-refractivity contribution in [2.75, 3.05) is 13.2 Å². The van der Waals surface area contributed by atoms with E-state index in [1.807, 2.05) is 0 Å². The molecule has 0 aliphatic carbocycles. The molecule has 2 aromatic rings. The SMILES string of the molecule is O=C(COc1ccccc1)N[C@H]1C(=O)N2C1CN(C(=O)C(F)F)C2C(=O)OCc1ccccc1. The molecule has 11 heteroatoms. The zero-order valence-electron chi connectivity index (χ0n) is 17.8. The van der Waals surface area contributed by atoms with Crippen molar-refractivity contribution in [2.24, 2.45) is 0 Å². The van der Waals surface area contributed by atoms with Gasteiger partial charge in [-0.1, -0.05) is 48.5 Å². The summed E-state index contributed by atoms with van der Waals surface area (Å²) in [5.41, 5.74) is 0.649. The van der Waals surface area contributed by atoms with E-state index in [0.717, 1.165) is 4.90 Å². The van der Waals surface area contributed by atoms with Crippen LogP contribution in [0.2, 0.25) is 0 Å². The van der Waals surface area contributed by atoms with Gasteiger partial charge in [0.25, 0.3) is 11.8 Å². The molecule has 2 heterocycles. The Labute approximate surface area is 193 Å². The summed E-state index contributed by atoms with van der Waals surface area (Å²) in [6.45, 7) is -0.871. The number of hydrogen-bond donors (Lipinski definition) is 1. The Kier molecular flexibility index (Phi) is 6.71. The lowest BCUT2D eigenvalue weighted by Gasteiger charge is -2.43. The number of alkyl halides is 2. The van der Waals surface area contributed by atoms with Gasteiger partial charge in [-0.15, -0.1) is 0 Å². The molecule has 2 aromatic carbocycles. The highest BCUT2D eigenvalue weighted by molar-refractivity contribution is 5.99. The number of carbonyl (C=O) groups excluding carboxylic acids is 4. The fraction of sp³-hybridized carbons (Fsp3) is 0.304. The van der Waals surface area contributed by atoms with E-state index in [1.165, 1.54) is 0 Å². The summed E-state index contributed by atoms with van der Waals surface area (Å²) in [7, 11) is 0. The van der Waals surface area contributed by atoms with Crippen LogP contribution in [0, 0.1) is 0 Å². The predicted octanol–water partition coefficient (Wildman–Crippen LogP) is 0.938. The van der Waals surface area contributed by atoms with Gasteiger partial charge in [-0.3, -0.25) is 14.4 Å². The van der Waals surface area contributed by atoms with Gasteiger partial charge in [-0.25, -0.2) is 4.79 Å². The lowest BCUT2D eigenvalue weighted by molar-refractivity contribution is -0.172. The van der Waals surface area contributed by atoms with Gasteiger partial charge in [-0.2, -0.15) is 8.78 Å². The number of benzene rings is 2. The number of carbonyl (C=O) groups is 4. The molecule has 0 saturated carbocycles. The minimum atomic E-state index is -3.37. The summed E-state index contributed by atoms with van der Waals surface area (Å²) < 4.78 is 36.9. The molecule has 0 radical (unpaired) electrons. The van der Waals surface area contributed by atoms with Crippen LogP contribution in [0.3, 0.4) is 0 Å². The smallest absolute Gasteiger partial charge is 0.350 e. The van der Waals surface area contributed by atoms with Gasteiger partial charge in [0.2, 0.25) is 12.1 Å². The number of nitrogens with one attached hydrogen (secondary N) is 1. The normalized spacial score (nSPS) is 21.0. The molecular formula is C23H21F2N3O6. The van der Waals surface area contributed by atoms with Gasteiger partial charge in [0.15, 0.2) is 6.61 Å². The second kappa shape index (κ2) is 9.86. The molecule has 3 amide bonds. The molecule has 2 unspecified atom stereocenters. The van der Waals surface area contributed by atoms with Crippen LogP contribution in [0.5, 0.6) is 5.75 Å². The minimum Gasteiger partial charge on any atom is -0.484 e. The fourth-order valence-electron chi connectivity index (χ4n) is 3.93. The number of nitrogens with zero attached hydrogens (tertiary/aromatic N) is 2. The zero-order valence-corrected chi connectivity index (χ0v) is 17.8. The van der Waals surface area contributed by atoms with E-state index in [4.69, 9.17) is 9.47 Å². The van der Waals surface area contributed by atoms with Crippen molar-refractivity contribution < 1.29 is 37.4 Å². The molecule has 0 spiro atoms. The second-order valence-electron chi connectivity index (χ2n) is 7.72. The number of hydrogen-bond acceptors (Lipinski definition) is 6. The summed E-state index contributed by atoms with van der Waals surface area (Å²) in [6.07, 6.45) is -5.00. The Morgan fingerprint density at radius 3 is 2.32 bits per heavy atom. The van der Waals surface area contributed by atoms with Crippen molar-refractivity contribution in [1.29, 1.82) is 0 Å². The van der Waals surface area contributed by atoms with Crippen LogP contribution in [0.1, 0.15) is 5.56 Å². The Hall–Kier alpha value is -4.02. The van der Waals surface area contributed by atoms with Crippen molar-refractivity contribution in [2.45, 2.75) is 31.3 Å². The molecule has 9 nitrogen and oxygen atoms in total. The van der Waals surface area contributed by atoms with Crippen LogP contribution in [0.4, 0.5) is 8.78 Å². The van der Waals surface area contributed by atoms with Gasteiger partial charge >= 0.3 is 12.4 Å². The van der Waals surface area contributed by atoms with Crippen molar-refractivity contribution in [3.05, 3.63) is 66.2 Å². The molecule has 2 fully saturated rings. The highest BCUT2D eigenvalue weighted by atomic mass is 19.3. The van der Waals surface area contributed by atoms with Crippen LogP contribution >= 0.6 is 0 Å². The molecule has 2 aliphatic rings. The van der Waals surface area contributed by atoms with Gasteiger partial charge < -0.3 is 24.6 Å². The molecule has 0 bridgehead atoms. The molecule has 1 N–H and O–H groups in total. The largest absolute Gasteiger partial charge is 0.484 e. The quantitative estimate of drug-likeness (QED) is 0.452. The number of esters is 1. The first-order chi connectivity index (χ1) is 16.4. The van der Waals surface area contributed by atoms with Gasteiger partial charge in [0, 0.05) is 6.54 Å². The number of fused-ring (bicyclic) bond motifs is 1. The van der Waals surface area contributed by atoms with Crippen molar-refractivity contribution in [3.8, 4) is 5.75 Å². The molecule has 4 rings (SSSR count). The van der Waals surface area contributed by atoms with E-state index in [0.29, 0.717) is 16.2 Å². The molecule has 2 saturated heterocycles. The third kappa shape index (κ3) is 4.68. The molecular weight excluding hydrogens is 452 g/mol. The zero-order chi connectivity index (χ0) is 24.2. The van der Waals surface area contributed by atoms with Gasteiger partial charge in [0.05, 0.1) is 6.04 Å². The Bertz CT molecular complexity index is 1070. The Morgan fingerprint density at radius 2 is 1.68 bits per heavy atom. The van der Waals surface area contributed by atoms with E-state index in [-0.39, 0.29) is 19.8 Å². The number of rotatable bonds is 8. The lowest BCUT2D eigenvalue weighted by atomic mass is 9.96. The molecule has 3 atom stereocenters. The first-order valence-electron chi connectivity index (χ1n) is 10.5. The first kappa shape index (κ1) is 23.1. The summed E-state index contributed by atoms with van der Waals surface area (Å²) >= 11 is 0. The number of amides is 3. The third-order valence-corrected chi connectivity index (χ3v) is 5.54. The van der Waals surface area contributed by atoms with Crippen molar-refractivity contribution >= 4 is 23.7 Å². The summed E-state index contributed by atoms with van der Waals surface area (Å²) in [6, 6.07) is 15.3.